The van der Waals surface area contributed by atoms with Gasteiger partial charge in [0.15, 0.2) is 0 Å². The van der Waals surface area contributed by atoms with E-state index in [0.29, 0.717) is 25.9 Å². The normalized spacial score (nSPS) is 10.9. The van der Waals surface area contributed by atoms with Gasteiger partial charge in [0.05, 0.1) is 21.7 Å². The Bertz CT molecular complexity index is 834. The summed E-state index contributed by atoms with van der Waals surface area (Å²) in [7, 11) is 1.56. The van der Waals surface area contributed by atoms with Crippen LogP contribution in [0, 0.1) is 11.3 Å². The van der Waals surface area contributed by atoms with Gasteiger partial charge in [-0.25, -0.2) is 0 Å². The number of nitrogens with zero attached hydrogens (tertiary/aromatic N) is 1. The van der Waals surface area contributed by atoms with E-state index < -0.39 is 5.91 Å². The summed E-state index contributed by atoms with van der Waals surface area (Å²) < 4.78 is 7.41. The molecule has 0 bridgehead atoms. The van der Waals surface area contributed by atoms with Gasteiger partial charge in [0.1, 0.15) is 17.4 Å². The Balaban J connectivity index is 2.31. The number of ether oxygens (including phenoxy) is 1. The first-order chi connectivity index (χ1) is 11.5. The van der Waals surface area contributed by atoms with Crippen molar-refractivity contribution in [1.82, 2.24) is 0 Å². The first-order valence-electron chi connectivity index (χ1n) is 6.67. The van der Waals surface area contributed by atoms with Gasteiger partial charge in [-0.05, 0) is 83.7 Å². The van der Waals surface area contributed by atoms with Crippen LogP contribution in [0.1, 0.15) is 5.56 Å². The predicted molar refractivity (Wildman–Crippen MR) is 105 cm³/mol. The lowest BCUT2D eigenvalue weighted by atomic mass is 10.1. The van der Waals surface area contributed by atoms with Gasteiger partial charge in [-0.1, -0.05) is 12.1 Å². The van der Waals surface area contributed by atoms with Crippen LogP contribution in [0.3, 0.4) is 0 Å². The number of carbonyl (C=O) groups is 1. The van der Waals surface area contributed by atoms with Gasteiger partial charge < -0.3 is 10.1 Å². The number of amides is 1. The third-order valence-electron chi connectivity index (χ3n) is 3.02. The van der Waals surface area contributed by atoms with Crippen molar-refractivity contribution in [3.05, 3.63) is 61.0 Å². The Kier molecular flexibility index (Phi) is 6.60. The quantitative estimate of drug-likeness (QED) is 0.431. The Morgan fingerprint density at radius 2 is 1.79 bits per heavy atom. The maximum absolute atomic E-state index is 12.3. The largest absolute Gasteiger partial charge is 0.494 e. The number of rotatable bonds is 4. The SMILES string of the molecule is COc1c(Br)cc(/C=C(\C#N)C(=O)Nc2ccccc2Br)cc1Br. The minimum atomic E-state index is -0.479. The Labute approximate surface area is 164 Å². The molecule has 4 nitrogen and oxygen atoms in total. The highest BCUT2D eigenvalue weighted by molar-refractivity contribution is 9.11. The number of nitriles is 1. The van der Waals surface area contributed by atoms with Gasteiger partial charge in [0, 0.05) is 4.47 Å². The van der Waals surface area contributed by atoms with E-state index in [4.69, 9.17) is 4.74 Å². The van der Waals surface area contributed by atoms with Crippen LogP contribution in [-0.4, -0.2) is 13.0 Å². The van der Waals surface area contributed by atoms with Gasteiger partial charge in [-0.2, -0.15) is 5.26 Å². The van der Waals surface area contributed by atoms with Crippen molar-refractivity contribution in [2.24, 2.45) is 0 Å². The van der Waals surface area contributed by atoms with Crippen molar-refractivity contribution in [3.63, 3.8) is 0 Å². The molecule has 2 aromatic carbocycles. The molecule has 0 atom stereocenters. The van der Waals surface area contributed by atoms with Crippen molar-refractivity contribution in [3.8, 4) is 11.8 Å². The van der Waals surface area contributed by atoms with E-state index in [1.807, 2.05) is 18.2 Å². The first kappa shape index (κ1) is 18.7. The second-order valence-electron chi connectivity index (χ2n) is 4.62. The third kappa shape index (κ3) is 4.47. The standard InChI is InChI=1S/C17H11Br3N2O2/c1-24-16-13(19)7-10(8-14(16)20)6-11(9-21)17(23)22-15-5-3-2-4-12(15)18/h2-8H,1H3,(H,22,23)/b11-6+. The number of hydrogen-bond acceptors (Lipinski definition) is 3. The monoisotopic (exact) mass is 512 g/mol. The van der Waals surface area contributed by atoms with Crippen LogP contribution in [0.15, 0.2) is 55.4 Å². The molecular formula is C17H11Br3N2O2. The van der Waals surface area contributed by atoms with Crippen LogP contribution < -0.4 is 10.1 Å². The molecule has 0 radical (unpaired) electrons. The van der Waals surface area contributed by atoms with Crippen LogP contribution in [0.25, 0.3) is 6.08 Å². The Morgan fingerprint density at radius 1 is 1.17 bits per heavy atom. The molecule has 2 aromatic rings. The molecule has 0 fully saturated rings. The summed E-state index contributed by atoms with van der Waals surface area (Å²) in [5.74, 6) is 0.163. The van der Waals surface area contributed by atoms with Gasteiger partial charge in [-0.3, -0.25) is 4.79 Å². The van der Waals surface area contributed by atoms with Crippen molar-refractivity contribution >= 4 is 65.5 Å². The molecule has 122 valence electrons. The fourth-order valence-corrected chi connectivity index (χ4v) is 3.85. The summed E-state index contributed by atoms with van der Waals surface area (Å²) in [6.45, 7) is 0. The van der Waals surface area contributed by atoms with Gasteiger partial charge in [0.2, 0.25) is 0 Å². The lowest BCUT2D eigenvalue weighted by molar-refractivity contribution is -0.112. The highest BCUT2D eigenvalue weighted by atomic mass is 79.9. The summed E-state index contributed by atoms with van der Waals surface area (Å²) in [6.07, 6.45) is 1.52. The third-order valence-corrected chi connectivity index (χ3v) is 4.89. The molecule has 0 heterocycles. The molecule has 0 aliphatic carbocycles. The van der Waals surface area contributed by atoms with Crippen molar-refractivity contribution in [2.75, 3.05) is 12.4 Å². The van der Waals surface area contributed by atoms with E-state index in [2.05, 4.69) is 53.1 Å². The molecule has 7 heteroatoms. The number of carbonyl (C=O) groups excluding carboxylic acids is 1. The lowest BCUT2D eigenvalue weighted by Crippen LogP contribution is -2.13. The zero-order chi connectivity index (χ0) is 17.7. The number of halogens is 3. The molecule has 0 spiro atoms. The van der Waals surface area contributed by atoms with Crippen LogP contribution >= 0.6 is 47.8 Å². The Hall–Kier alpha value is -1.62. The van der Waals surface area contributed by atoms with Gasteiger partial charge >= 0.3 is 0 Å². The highest BCUT2D eigenvalue weighted by Gasteiger charge is 2.13. The summed E-state index contributed by atoms with van der Waals surface area (Å²) in [5, 5.41) is 12.0. The number of methoxy groups -OCH3 is 1. The zero-order valence-corrected chi connectivity index (χ0v) is 17.2. The topological polar surface area (TPSA) is 62.1 Å². The van der Waals surface area contributed by atoms with E-state index in [1.54, 1.807) is 31.4 Å². The van der Waals surface area contributed by atoms with Crippen molar-refractivity contribution in [1.29, 1.82) is 5.26 Å². The van der Waals surface area contributed by atoms with Crippen molar-refractivity contribution in [2.45, 2.75) is 0 Å². The molecule has 0 saturated carbocycles. The van der Waals surface area contributed by atoms with E-state index >= 15 is 0 Å². The maximum atomic E-state index is 12.3. The summed E-state index contributed by atoms with van der Waals surface area (Å²) in [5.41, 5.74) is 1.28. The van der Waals surface area contributed by atoms with Crippen LogP contribution in [0.2, 0.25) is 0 Å². The second kappa shape index (κ2) is 8.47. The molecule has 2 rings (SSSR count). The molecule has 1 amide bonds. The molecule has 24 heavy (non-hydrogen) atoms. The van der Waals surface area contributed by atoms with E-state index in [9.17, 15) is 10.1 Å². The first-order valence-corrected chi connectivity index (χ1v) is 9.05. The maximum Gasteiger partial charge on any atom is 0.266 e. The van der Waals surface area contributed by atoms with Crippen molar-refractivity contribution < 1.29 is 9.53 Å². The summed E-state index contributed by atoms with van der Waals surface area (Å²) >= 11 is 10.1. The predicted octanol–water partition coefficient (Wildman–Crippen LogP) is 5.53. The fourth-order valence-electron chi connectivity index (χ4n) is 1.93. The summed E-state index contributed by atoms with van der Waals surface area (Å²) in [4.78, 5) is 12.3. The van der Waals surface area contributed by atoms with Gasteiger partial charge in [0.25, 0.3) is 5.91 Å². The number of anilines is 1. The minimum absolute atomic E-state index is 0.00489. The smallest absolute Gasteiger partial charge is 0.266 e. The molecule has 1 N–H and O–H groups in total. The van der Waals surface area contributed by atoms with Gasteiger partial charge in [-0.15, -0.1) is 0 Å². The van der Waals surface area contributed by atoms with E-state index in [-0.39, 0.29) is 5.57 Å². The average Bonchev–Trinajstić information content (AvgIpc) is 2.54. The molecule has 0 saturated heterocycles. The van der Waals surface area contributed by atoms with Crippen LogP contribution in [0.4, 0.5) is 5.69 Å². The molecular weight excluding hydrogens is 504 g/mol. The number of benzene rings is 2. The van der Waals surface area contributed by atoms with E-state index in [1.165, 1.54) is 6.08 Å². The lowest BCUT2D eigenvalue weighted by Gasteiger charge is -2.08. The molecule has 0 unspecified atom stereocenters. The fraction of sp³-hybridized carbons (Fsp3) is 0.0588. The number of nitrogens with one attached hydrogen (secondary N) is 1. The number of hydrogen-bond donors (Lipinski definition) is 1. The highest BCUT2D eigenvalue weighted by Crippen LogP contribution is 2.35. The minimum Gasteiger partial charge on any atom is -0.494 e. The summed E-state index contributed by atoms with van der Waals surface area (Å²) in [6, 6.07) is 12.7. The zero-order valence-electron chi connectivity index (χ0n) is 12.4. The molecule has 0 aliphatic heterocycles. The Morgan fingerprint density at radius 3 is 2.33 bits per heavy atom. The second-order valence-corrected chi connectivity index (χ2v) is 7.18. The number of para-hydroxylation sites is 1. The van der Waals surface area contributed by atoms with Crippen LogP contribution in [0.5, 0.6) is 5.75 Å². The molecule has 0 aromatic heterocycles. The van der Waals surface area contributed by atoms with E-state index in [0.717, 1.165) is 4.47 Å². The van der Waals surface area contributed by atoms with Crippen LogP contribution in [-0.2, 0) is 4.79 Å². The molecule has 0 aliphatic rings. The average molecular weight is 515 g/mol.